The average molecular weight is 405 g/mol. The van der Waals surface area contributed by atoms with Crippen molar-refractivity contribution in [1.29, 1.82) is 0 Å². The summed E-state index contributed by atoms with van der Waals surface area (Å²) in [5.74, 6) is -0.987. The number of halogens is 1. The molecule has 0 bridgehead atoms. The number of nitrogens with one attached hydrogen (secondary N) is 3. The molecule has 0 atom stereocenters. The van der Waals surface area contributed by atoms with Gasteiger partial charge in [0.05, 0.1) is 5.39 Å². The van der Waals surface area contributed by atoms with E-state index >= 15 is 0 Å². The molecule has 2 amide bonds. The van der Waals surface area contributed by atoms with Gasteiger partial charge in [0.15, 0.2) is 11.6 Å². The molecule has 30 heavy (non-hydrogen) atoms. The molecule has 4 aromatic rings. The number of aromatic amines is 1. The van der Waals surface area contributed by atoms with Crippen LogP contribution in [0.2, 0.25) is 0 Å². The van der Waals surface area contributed by atoms with E-state index in [4.69, 9.17) is 4.74 Å². The summed E-state index contributed by atoms with van der Waals surface area (Å²) in [7, 11) is 0. The van der Waals surface area contributed by atoms with Gasteiger partial charge in [-0.1, -0.05) is 6.07 Å². The third-order valence-corrected chi connectivity index (χ3v) is 4.11. The quantitative estimate of drug-likeness (QED) is 0.422. The Hall–Kier alpha value is -4.27. The van der Waals surface area contributed by atoms with Crippen LogP contribution in [0.1, 0.15) is 6.42 Å². The molecule has 0 aliphatic heterocycles. The number of hydrogen-bond donors (Lipinski definition) is 3. The molecular weight excluding hydrogens is 389 g/mol. The highest BCUT2D eigenvalue weighted by Gasteiger charge is 2.13. The number of pyridine rings is 2. The van der Waals surface area contributed by atoms with Crippen molar-refractivity contribution in [2.75, 3.05) is 10.6 Å². The van der Waals surface area contributed by atoms with Crippen LogP contribution in [-0.4, -0.2) is 26.8 Å². The SMILES string of the molecule is O=C(CC(=O)Nc1ccccn1)Nc1ccc(Oc2ccnc3[nH]ccc23)c(F)c1. The second kappa shape index (κ2) is 8.39. The van der Waals surface area contributed by atoms with Gasteiger partial charge in [0.1, 0.15) is 23.6 Å². The van der Waals surface area contributed by atoms with Crippen LogP contribution in [-0.2, 0) is 9.59 Å². The molecule has 0 spiro atoms. The monoisotopic (exact) mass is 405 g/mol. The summed E-state index contributed by atoms with van der Waals surface area (Å²) in [5, 5.41) is 5.71. The zero-order valence-electron chi connectivity index (χ0n) is 15.6. The Morgan fingerprint density at radius 1 is 0.967 bits per heavy atom. The number of ether oxygens (including phenoxy) is 1. The third-order valence-electron chi connectivity index (χ3n) is 4.11. The van der Waals surface area contributed by atoms with Gasteiger partial charge in [-0.25, -0.2) is 14.4 Å². The molecular formula is C21H16FN5O3. The van der Waals surface area contributed by atoms with Crippen LogP contribution in [0.3, 0.4) is 0 Å². The van der Waals surface area contributed by atoms with Gasteiger partial charge in [0.2, 0.25) is 11.8 Å². The van der Waals surface area contributed by atoms with Crippen LogP contribution in [0.25, 0.3) is 11.0 Å². The number of carbonyl (C=O) groups excluding carboxylic acids is 2. The first kappa shape index (κ1) is 19.1. The van der Waals surface area contributed by atoms with Gasteiger partial charge in [-0.15, -0.1) is 0 Å². The molecule has 9 heteroatoms. The highest BCUT2D eigenvalue weighted by atomic mass is 19.1. The fraction of sp³-hybridized carbons (Fsp3) is 0.0476. The maximum absolute atomic E-state index is 14.5. The number of carbonyl (C=O) groups is 2. The summed E-state index contributed by atoms with van der Waals surface area (Å²) in [5.41, 5.74) is 0.831. The molecule has 1 aromatic carbocycles. The zero-order chi connectivity index (χ0) is 20.9. The minimum atomic E-state index is -0.661. The van der Waals surface area contributed by atoms with E-state index in [1.165, 1.54) is 18.3 Å². The van der Waals surface area contributed by atoms with E-state index in [1.54, 1.807) is 42.7 Å². The van der Waals surface area contributed by atoms with Crippen molar-refractivity contribution in [2.45, 2.75) is 6.42 Å². The number of rotatable bonds is 6. The van der Waals surface area contributed by atoms with Gasteiger partial charge in [0.25, 0.3) is 0 Å². The number of fused-ring (bicyclic) bond motifs is 1. The molecule has 3 heterocycles. The van der Waals surface area contributed by atoms with Gasteiger partial charge in [-0.2, -0.15) is 0 Å². The Labute approximate surface area is 170 Å². The Balaban J connectivity index is 1.39. The first-order valence-electron chi connectivity index (χ1n) is 8.99. The van der Waals surface area contributed by atoms with Gasteiger partial charge in [-0.3, -0.25) is 9.59 Å². The summed E-state index contributed by atoms with van der Waals surface area (Å²) < 4.78 is 20.1. The van der Waals surface area contributed by atoms with Crippen molar-refractivity contribution in [3.05, 3.63) is 72.9 Å². The van der Waals surface area contributed by atoms with Gasteiger partial charge in [-0.05, 0) is 36.4 Å². The lowest BCUT2D eigenvalue weighted by Gasteiger charge is -2.10. The molecule has 8 nitrogen and oxygen atoms in total. The maximum atomic E-state index is 14.5. The van der Waals surface area contributed by atoms with Crippen LogP contribution in [0.15, 0.2) is 67.1 Å². The normalized spacial score (nSPS) is 10.6. The first-order valence-corrected chi connectivity index (χ1v) is 8.99. The number of benzene rings is 1. The molecule has 3 N–H and O–H groups in total. The van der Waals surface area contributed by atoms with E-state index in [0.717, 1.165) is 6.07 Å². The molecule has 0 radical (unpaired) electrons. The predicted octanol–water partition coefficient (Wildman–Crippen LogP) is 3.86. The van der Waals surface area contributed by atoms with Gasteiger partial charge in [0, 0.05) is 30.3 Å². The Bertz CT molecular complexity index is 1210. The van der Waals surface area contributed by atoms with E-state index in [1.807, 2.05) is 0 Å². The Morgan fingerprint density at radius 2 is 1.83 bits per heavy atom. The highest BCUT2D eigenvalue weighted by Crippen LogP contribution is 2.31. The van der Waals surface area contributed by atoms with Crippen molar-refractivity contribution >= 4 is 34.4 Å². The van der Waals surface area contributed by atoms with Crippen LogP contribution in [0.5, 0.6) is 11.5 Å². The topological polar surface area (TPSA) is 109 Å². The number of anilines is 2. The first-order chi connectivity index (χ1) is 14.6. The number of hydrogen-bond acceptors (Lipinski definition) is 5. The van der Waals surface area contributed by atoms with Crippen LogP contribution in [0, 0.1) is 5.82 Å². The van der Waals surface area contributed by atoms with Crippen molar-refractivity contribution in [2.24, 2.45) is 0 Å². The fourth-order valence-corrected chi connectivity index (χ4v) is 2.78. The van der Waals surface area contributed by atoms with Crippen molar-refractivity contribution in [1.82, 2.24) is 15.0 Å². The number of H-pyrrole nitrogens is 1. The molecule has 150 valence electrons. The molecule has 0 saturated carbocycles. The Morgan fingerprint density at radius 3 is 2.63 bits per heavy atom. The maximum Gasteiger partial charge on any atom is 0.234 e. The number of amides is 2. The minimum absolute atomic E-state index is 0.00501. The summed E-state index contributed by atoms with van der Waals surface area (Å²) in [6.45, 7) is 0. The highest BCUT2D eigenvalue weighted by molar-refractivity contribution is 6.07. The van der Waals surface area contributed by atoms with E-state index < -0.39 is 24.1 Å². The molecule has 3 aromatic heterocycles. The second-order valence-corrected chi connectivity index (χ2v) is 6.28. The lowest BCUT2D eigenvalue weighted by Crippen LogP contribution is -2.21. The van der Waals surface area contributed by atoms with Crippen molar-refractivity contribution in [3.8, 4) is 11.5 Å². The van der Waals surface area contributed by atoms with Gasteiger partial charge < -0.3 is 20.4 Å². The molecule has 4 rings (SSSR count). The van der Waals surface area contributed by atoms with E-state index in [9.17, 15) is 14.0 Å². The molecule has 0 unspecified atom stereocenters. The van der Waals surface area contributed by atoms with E-state index in [2.05, 4.69) is 25.6 Å². The largest absolute Gasteiger partial charge is 0.453 e. The molecule has 0 saturated heterocycles. The average Bonchev–Trinajstić information content (AvgIpc) is 3.20. The lowest BCUT2D eigenvalue weighted by atomic mass is 10.2. The van der Waals surface area contributed by atoms with Crippen molar-refractivity contribution < 1.29 is 18.7 Å². The molecule has 0 fully saturated rings. The number of aromatic nitrogens is 3. The summed E-state index contributed by atoms with van der Waals surface area (Å²) in [6, 6.07) is 12.4. The third kappa shape index (κ3) is 4.41. The second-order valence-electron chi connectivity index (χ2n) is 6.28. The number of nitrogens with zero attached hydrogens (tertiary/aromatic N) is 2. The minimum Gasteiger partial charge on any atom is -0.453 e. The molecule has 0 aliphatic rings. The standard InChI is InChI=1S/C21H16FN5O3/c22-15-11-13(26-19(28)12-20(29)27-18-3-1-2-8-23-18)4-5-17(15)30-16-7-10-25-21-14(16)6-9-24-21/h1-11H,12H2,(H,24,25)(H,26,28)(H,23,27,29). The van der Waals surface area contributed by atoms with E-state index in [0.29, 0.717) is 22.6 Å². The van der Waals surface area contributed by atoms with Crippen LogP contribution >= 0.6 is 0 Å². The Kier molecular flexibility index (Phi) is 5.33. The lowest BCUT2D eigenvalue weighted by molar-refractivity contribution is -0.123. The summed E-state index contributed by atoms with van der Waals surface area (Å²) in [4.78, 5) is 35.0. The van der Waals surface area contributed by atoms with Crippen LogP contribution in [0.4, 0.5) is 15.9 Å². The van der Waals surface area contributed by atoms with Gasteiger partial charge >= 0.3 is 0 Å². The van der Waals surface area contributed by atoms with E-state index in [-0.39, 0.29) is 11.4 Å². The summed E-state index contributed by atoms with van der Waals surface area (Å²) >= 11 is 0. The smallest absolute Gasteiger partial charge is 0.234 e. The summed E-state index contributed by atoms with van der Waals surface area (Å²) in [6.07, 6.45) is 4.36. The zero-order valence-corrected chi connectivity index (χ0v) is 15.6. The fourth-order valence-electron chi connectivity index (χ4n) is 2.78. The predicted molar refractivity (Wildman–Crippen MR) is 109 cm³/mol. The molecule has 0 aliphatic carbocycles. The van der Waals surface area contributed by atoms with Crippen molar-refractivity contribution in [3.63, 3.8) is 0 Å². The van der Waals surface area contributed by atoms with Crippen LogP contribution < -0.4 is 15.4 Å².